The maximum absolute atomic E-state index is 13.7. The van der Waals surface area contributed by atoms with Gasteiger partial charge in [0.15, 0.2) is 21.3 Å². The lowest BCUT2D eigenvalue weighted by molar-refractivity contribution is -0.116. The molecule has 0 bridgehead atoms. The minimum absolute atomic E-state index is 0.0317. The highest BCUT2D eigenvalue weighted by Crippen LogP contribution is 2.32. The molecular weight excluding hydrogens is 403 g/mol. The number of carbonyl (C=O) groups excluding carboxylic acids is 2. The molecule has 2 N–H and O–H groups in total. The molecule has 2 aromatic carbocycles. The molecule has 1 heterocycles. The number of fused-ring (bicyclic) bond motifs is 1. The zero-order chi connectivity index (χ0) is 21.0. The third-order valence-electron chi connectivity index (χ3n) is 4.03. The molecule has 2 amide bonds. The van der Waals surface area contributed by atoms with Crippen LogP contribution >= 0.6 is 0 Å². The Hall–Kier alpha value is -3.14. The number of halogens is 1. The lowest BCUT2D eigenvalue weighted by Crippen LogP contribution is -2.19. The van der Waals surface area contributed by atoms with Crippen molar-refractivity contribution in [1.29, 1.82) is 0 Å². The zero-order valence-corrected chi connectivity index (χ0v) is 16.3. The SMILES string of the molecule is CC(=O)Nc1cc(NC(=O)CCS(=O)(=O)c2ccc3c(c2)OCCO3)ccc1F. The van der Waals surface area contributed by atoms with Gasteiger partial charge in [-0.05, 0) is 30.3 Å². The van der Waals surface area contributed by atoms with Crippen LogP contribution in [-0.2, 0) is 19.4 Å². The number of hydrogen-bond donors (Lipinski definition) is 2. The molecule has 0 saturated heterocycles. The van der Waals surface area contributed by atoms with Gasteiger partial charge in [0, 0.05) is 25.1 Å². The van der Waals surface area contributed by atoms with E-state index >= 15 is 0 Å². The Bertz CT molecular complexity index is 1050. The molecular formula is C19H19FN2O6S. The first-order valence-electron chi connectivity index (χ1n) is 8.74. The quantitative estimate of drug-likeness (QED) is 0.739. The maximum atomic E-state index is 13.7. The maximum Gasteiger partial charge on any atom is 0.225 e. The third kappa shape index (κ3) is 5.23. The molecule has 1 aliphatic rings. The Balaban J connectivity index is 1.63. The van der Waals surface area contributed by atoms with Gasteiger partial charge in [-0.1, -0.05) is 0 Å². The monoisotopic (exact) mass is 422 g/mol. The number of sulfone groups is 1. The summed E-state index contributed by atoms with van der Waals surface area (Å²) >= 11 is 0. The molecule has 0 aliphatic carbocycles. The van der Waals surface area contributed by atoms with Crippen molar-refractivity contribution < 1.29 is 31.9 Å². The summed E-state index contributed by atoms with van der Waals surface area (Å²) in [5, 5.41) is 4.80. The van der Waals surface area contributed by atoms with Gasteiger partial charge in [-0.2, -0.15) is 0 Å². The predicted octanol–water partition coefficient (Wildman–Crippen LogP) is 2.36. The van der Waals surface area contributed by atoms with Crippen LogP contribution in [-0.4, -0.2) is 39.2 Å². The van der Waals surface area contributed by atoms with Crippen molar-refractivity contribution in [3.05, 3.63) is 42.2 Å². The number of anilines is 2. The molecule has 0 unspecified atom stereocenters. The van der Waals surface area contributed by atoms with E-state index < -0.39 is 33.2 Å². The molecule has 0 fully saturated rings. The third-order valence-corrected chi connectivity index (χ3v) is 5.75. The summed E-state index contributed by atoms with van der Waals surface area (Å²) in [6.45, 7) is 1.96. The molecule has 0 radical (unpaired) electrons. The Morgan fingerprint density at radius 1 is 1.03 bits per heavy atom. The minimum atomic E-state index is -3.73. The van der Waals surface area contributed by atoms with Crippen LogP contribution in [0.5, 0.6) is 11.5 Å². The summed E-state index contributed by atoms with van der Waals surface area (Å²) < 4.78 is 49.4. The second-order valence-corrected chi connectivity index (χ2v) is 8.41. The van der Waals surface area contributed by atoms with Gasteiger partial charge < -0.3 is 20.1 Å². The summed E-state index contributed by atoms with van der Waals surface area (Å²) in [7, 11) is -3.73. The lowest BCUT2D eigenvalue weighted by atomic mass is 10.2. The summed E-state index contributed by atoms with van der Waals surface area (Å²) in [5.74, 6) is -1.28. The van der Waals surface area contributed by atoms with Gasteiger partial charge in [0.05, 0.1) is 16.3 Å². The van der Waals surface area contributed by atoms with Crippen molar-refractivity contribution in [2.24, 2.45) is 0 Å². The highest BCUT2D eigenvalue weighted by Gasteiger charge is 2.21. The summed E-state index contributed by atoms with van der Waals surface area (Å²) in [6.07, 6.45) is -0.302. The topological polar surface area (TPSA) is 111 Å². The number of benzene rings is 2. The first-order chi connectivity index (χ1) is 13.7. The minimum Gasteiger partial charge on any atom is -0.486 e. The normalized spacial score (nSPS) is 12.9. The van der Waals surface area contributed by atoms with E-state index in [2.05, 4.69) is 10.6 Å². The average Bonchev–Trinajstić information content (AvgIpc) is 2.68. The molecule has 0 aromatic heterocycles. The van der Waals surface area contributed by atoms with Gasteiger partial charge in [0.1, 0.15) is 19.0 Å². The Kier molecular flexibility index (Phi) is 6.02. The largest absolute Gasteiger partial charge is 0.486 e. The van der Waals surface area contributed by atoms with E-state index in [0.717, 1.165) is 6.07 Å². The second-order valence-electron chi connectivity index (χ2n) is 6.30. The van der Waals surface area contributed by atoms with Crippen molar-refractivity contribution in [1.82, 2.24) is 0 Å². The fourth-order valence-electron chi connectivity index (χ4n) is 2.67. The van der Waals surface area contributed by atoms with Crippen molar-refractivity contribution >= 4 is 33.0 Å². The molecule has 0 atom stereocenters. The Morgan fingerprint density at radius 3 is 2.48 bits per heavy atom. The van der Waals surface area contributed by atoms with Crippen LogP contribution in [0.25, 0.3) is 0 Å². The molecule has 0 spiro atoms. The van der Waals surface area contributed by atoms with E-state index in [1.165, 1.54) is 37.3 Å². The number of carbonyl (C=O) groups is 2. The first-order valence-corrected chi connectivity index (χ1v) is 10.4. The summed E-state index contributed by atoms with van der Waals surface area (Å²) in [5.41, 5.74) is 0.149. The van der Waals surface area contributed by atoms with Crippen molar-refractivity contribution in [3.8, 4) is 11.5 Å². The van der Waals surface area contributed by atoms with Crippen LogP contribution in [0.1, 0.15) is 13.3 Å². The number of rotatable bonds is 6. The van der Waals surface area contributed by atoms with Crippen LogP contribution in [0, 0.1) is 5.82 Å². The number of hydrogen-bond acceptors (Lipinski definition) is 6. The summed E-state index contributed by atoms with van der Waals surface area (Å²) in [4.78, 5) is 23.3. The molecule has 0 saturated carbocycles. The Morgan fingerprint density at radius 2 is 1.76 bits per heavy atom. The van der Waals surface area contributed by atoms with E-state index in [-0.39, 0.29) is 22.7 Å². The van der Waals surface area contributed by atoms with Crippen LogP contribution in [0.2, 0.25) is 0 Å². The summed E-state index contributed by atoms with van der Waals surface area (Å²) in [6, 6.07) is 7.95. The van der Waals surface area contributed by atoms with E-state index in [0.29, 0.717) is 24.7 Å². The predicted molar refractivity (Wildman–Crippen MR) is 103 cm³/mol. The Labute approximate surface area is 166 Å². The number of nitrogens with one attached hydrogen (secondary N) is 2. The number of ether oxygens (including phenoxy) is 2. The zero-order valence-electron chi connectivity index (χ0n) is 15.5. The fourth-order valence-corrected chi connectivity index (χ4v) is 3.93. The van der Waals surface area contributed by atoms with Gasteiger partial charge in [-0.25, -0.2) is 12.8 Å². The van der Waals surface area contributed by atoms with Crippen LogP contribution in [0.15, 0.2) is 41.3 Å². The van der Waals surface area contributed by atoms with Crippen LogP contribution in [0.3, 0.4) is 0 Å². The molecule has 29 heavy (non-hydrogen) atoms. The molecule has 8 nitrogen and oxygen atoms in total. The van der Waals surface area contributed by atoms with Crippen LogP contribution < -0.4 is 20.1 Å². The second kappa shape index (κ2) is 8.48. The molecule has 2 aromatic rings. The van der Waals surface area contributed by atoms with E-state index in [1.807, 2.05) is 0 Å². The fraction of sp³-hybridized carbons (Fsp3) is 0.263. The van der Waals surface area contributed by atoms with E-state index in [4.69, 9.17) is 9.47 Å². The van der Waals surface area contributed by atoms with Gasteiger partial charge in [-0.15, -0.1) is 0 Å². The van der Waals surface area contributed by atoms with Gasteiger partial charge >= 0.3 is 0 Å². The molecule has 1 aliphatic heterocycles. The van der Waals surface area contributed by atoms with Crippen LogP contribution in [0.4, 0.5) is 15.8 Å². The smallest absolute Gasteiger partial charge is 0.225 e. The van der Waals surface area contributed by atoms with Gasteiger partial charge in [-0.3, -0.25) is 9.59 Å². The standard InChI is InChI=1S/C19H19FN2O6S/c1-12(23)21-16-10-13(2-4-15(16)20)22-19(24)6-9-29(25,26)14-3-5-17-18(11-14)28-8-7-27-17/h2-5,10-11H,6-9H2,1H3,(H,21,23)(H,22,24). The van der Waals surface area contributed by atoms with Crippen molar-refractivity contribution in [2.45, 2.75) is 18.2 Å². The van der Waals surface area contributed by atoms with Crippen molar-refractivity contribution in [2.75, 3.05) is 29.6 Å². The molecule has 10 heteroatoms. The van der Waals surface area contributed by atoms with Gasteiger partial charge in [0.25, 0.3) is 0 Å². The molecule has 3 rings (SSSR count). The first kappa shape index (κ1) is 20.6. The van der Waals surface area contributed by atoms with Gasteiger partial charge in [0.2, 0.25) is 11.8 Å². The van der Waals surface area contributed by atoms with Crippen molar-refractivity contribution in [3.63, 3.8) is 0 Å². The lowest BCUT2D eigenvalue weighted by Gasteiger charge is -2.18. The molecule has 154 valence electrons. The highest BCUT2D eigenvalue weighted by atomic mass is 32.2. The number of amides is 2. The highest BCUT2D eigenvalue weighted by molar-refractivity contribution is 7.91. The van der Waals surface area contributed by atoms with E-state index in [1.54, 1.807) is 0 Å². The van der Waals surface area contributed by atoms with E-state index in [9.17, 15) is 22.4 Å². The average molecular weight is 422 g/mol.